The second-order valence-electron chi connectivity index (χ2n) is 10.1. The van der Waals surface area contributed by atoms with Gasteiger partial charge in [0, 0.05) is 12.1 Å². The number of hydrogen-bond acceptors (Lipinski definition) is 3. The van der Waals surface area contributed by atoms with Gasteiger partial charge in [-0.05, 0) is 97.4 Å². The Balaban J connectivity index is 1.51. The standard InChI is InChI=1S/C29H39NO2/c1-3-8-22-16-23(9-4-2)18-24(17-22)28(32)21-30-15-7-14-29(13-6-11-26(29)20-30)25-10-5-12-27(31)19-25/h5,10,12,16-19,26,31H,3-4,6-9,11,13-15,20-21H2,1-2H3. The Bertz CT molecular complexity index is 912. The fourth-order valence-electron chi connectivity index (χ4n) is 6.33. The molecular formula is C29H39NO2. The number of ketones is 1. The summed E-state index contributed by atoms with van der Waals surface area (Å²) in [5.41, 5.74) is 4.96. The molecule has 2 unspecified atom stereocenters. The lowest BCUT2D eigenvalue weighted by molar-refractivity contribution is 0.0920. The van der Waals surface area contributed by atoms with Crippen LogP contribution in [-0.2, 0) is 18.3 Å². The zero-order valence-corrected chi connectivity index (χ0v) is 19.9. The van der Waals surface area contributed by atoms with Crippen molar-refractivity contribution in [2.75, 3.05) is 19.6 Å². The number of benzene rings is 2. The summed E-state index contributed by atoms with van der Waals surface area (Å²) < 4.78 is 0. The summed E-state index contributed by atoms with van der Waals surface area (Å²) in [6.07, 6.45) is 10.2. The van der Waals surface area contributed by atoms with E-state index in [4.69, 9.17) is 0 Å². The van der Waals surface area contributed by atoms with E-state index in [0.717, 1.165) is 57.2 Å². The highest BCUT2D eigenvalue weighted by Crippen LogP contribution is 2.50. The molecule has 1 aliphatic heterocycles. The maximum Gasteiger partial charge on any atom is 0.176 e. The minimum atomic E-state index is 0.159. The van der Waals surface area contributed by atoms with E-state index in [1.165, 1.54) is 36.0 Å². The van der Waals surface area contributed by atoms with Crippen molar-refractivity contribution in [3.05, 3.63) is 64.7 Å². The summed E-state index contributed by atoms with van der Waals surface area (Å²) in [7, 11) is 0. The monoisotopic (exact) mass is 433 g/mol. The van der Waals surface area contributed by atoms with E-state index in [0.29, 0.717) is 18.2 Å². The molecule has 2 atom stereocenters. The first-order valence-corrected chi connectivity index (χ1v) is 12.7. The molecule has 1 N–H and O–H groups in total. The van der Waals surface area contributed by atoms with E-state index in [2.05, 4.69) is 43.0 Å². The zero-order chi connectivity index (χ0) is 22.6. The van der Waals surface area contributed by atoms with Gasteiger partial charge in [-0.2, -0.15) is 0 Å². The van der Waals surface area contributed by atoms with E-state index in [9.17, 15) is 9.90 Å². The van der Waals surface area contributed by atoms with E-state index in [1.54, 1.807) is 6.07 Å². The molecule has 3 heteroatoms. The summed E-state index contributed by atoms with van der Waals surface area (Å²) in [5, 5.41) is 10.1. The molecular weight excluding hydrogens is 394 g/mol. The molecule has 1 heterocycles. The van der Waals surface area contributed by atoms with Gasteiger partial charge in [0.2, 0.25) is 0 Å². The van der Waals surface area contributed by atoms with Crippen LogP contribution in [0.5, 0.6) is 5.75 Å². The highest BCUT2D eigenvalue weighted by molar-refractivity contribution is 5.98. The SMILES string of the molecule is CCCc1cc(CCC)cc(C(=O)CN2CCCC3(c4cccc(O)c4)CCCC3C2)c1. The number of carbonyl (C=O) groups is 1. The van der Waals surface area contributed by atoms with Crippen molar-refractivity contribution in [2.24, 2.45) is 5.92 Å². The largest absolute Gasteiger partial charge is 0.508 e. The van der Waals surface area contributed by atoms with Gasteiger partial charge < -0.3 is 5.11 Å². The van der Waals surface area contributed by atoms with Crippen LogP contribution in [0.15, 0.2) is 42.5 Å². The van der Waals surface area contributed by atoms with Crippen LogP contribution in [0.25, 0.3) is 0 Å². The molecule has 1 saturated carbocycles. The van der Waals surface area contributed by atoms with Gasteiger partial charge in [0.1, 0.15) is 5.75 Å². The first-order chi connectivity index (χ1) is 15.5. The molecule has 172 valence electrons. The maximum atomic E-state index is 13.3. The molecule has 1 saturated heterocycles. The summed E-state index contributed by atoms with van der Waals surface area (Å²) in [5.74, 6) is 1.19. The average molecular weight is 434 g/mol. The Hall–Kier alpha value is -2.13. The van der Waals surface area contributed by atoms with Crippen LogP contribution in [0.3, 0.4) is 0 Å². The van der Waals surface area contributed by atoms with Crippen molar-refractivity contribution in [1.82, 2.24) is 4.90 Å². The van der Waals surface area contributed by atoms with Crippen LogP contribution < -0.4 is 0 Å². The van der Waals surface area contributed by atoms with Crippen LogP contribution in [0, 0.1) is 5.92 Å². The number of nitrogens with zero attached hydrogens (tertiary/aromatic N) is 1. The van der Waals surface area contributed by atoms with Gasteiger partial charge in [-0.3, -0.25) is 9.69 Å². The number of aryl methyl sites for hydroxylation is 2. The normalized spacial score (nSPS) is 23.6. The smallest absolute Gasteiger partial charge is 0.176 e. The maximum absolute atomic E-state index is 13.3. The fourth-order valence-corrected chi connectivity index (χ4v) is 6.33. The van der Waals surface area contributed by atoms with Gasteiger partial charge in [-0.1, -0.05) is 51.3 Å². The lowest BCUT2D eigenvalue weighted by atomic mass is 9.69. The second kappa shape index (κ2) is 10.2. The molecule has 0 amide bonds. The zero-order valence-electron chi connectivity index (χ0n) is 19.9. The van der Waals surface area contributed by atoms with Crippen molar-refractivity contribution < 1.29 is 9.90 Å². The molecule has 2 aromatic rings. The predicted molar refractivity (Wildman–Crippen MR) is 132 cm³/mol. The Kier molecular flexibility index (Phi) is 7.35. The minimum Gasteiger partial charge on any atom is -0.508 e. The lowest BCUT2D eigenvalue weighted by Crippen LogP contribution is -2.38. The predicted octanol–water partition coefficient (Wildman–Crippen LogP) is 6.31. The van der Waals surface area contributed by atoms with Crippen LogP contribution in [-0.4, -0.2) is 35.4 Å². The van der Waals surface area contributed by atoms with Crippen molar-refractivity contribution in [3.8, 4) is 5.75 Å². The highest BCUT2D eigenvalue weighted by Gasteiger charge is 2.45. The van der Waals surface area contributed by atoms with E-state index < -0.39 is 0 Å². The van der Waals surface area contributed by atoms with Gasteiger partial charge in [0.25, 0.3) is 0 Å². The molecule has 3 nitrogen and oxygen atoms in total. The number of Topliss-reactive ketones (excluding diaryl/α,β-unsaturated/α-hetero) is 1. The number of fused-ring (bicyclic) bond motifs is 1. The van der Waals surface area contributed by atoms with Crippen LogP contribution in [0.1, 0.15) is 85.8 Å². The topological polar surface area (TPSA) is 40.5 Å². The number of phenols is 1. The Morgan fingerprint density at radius 1 is 1.03 bits per heavy atom. The van der Waals surface area contributed by atoms with Gasteiger partial charge in [-0.25, -0.2) is 0 Å². The quantitative estimate of drug-likeness (QED) is 0.496. The number of likely N-dealkylation sites (tertiary alicyclic amines) is 1. The third-order valence-corrected chi connectivity index (χ3v) is 7.77. The number of carbonyl (C=O) groups excluding carboxylic acids is 1. The molecule has 2 aromatic carbocycles. The summed E-state index contributed by atoms with van der Waals surface area (Å²) >= 11 is 0. The summed E-state index contributed by atoms with van der Waals surface area (Å²) in [6, 6.07) is 14.5. The van der Waals surface area contributed by atoms with Crippen molar-refractivity contribution >= 4 is 5.78 Å². The molecule has 0 radical (unpaired) electrons. The van der Waals surface area contributed by atoms with Crippen molar-refractivity contribution in [3.63, 3.8) is 0 Å². The highest BCUT2D eigenvalue weighted by atomic mass is 16.3. The van der Waals surface area contributed by atoms with Gasteiger partial charge in [-0.15, -0.1) is 0 Å². The number of aromatic hydroxyl groups is 1. The van der Waals surface area contributed by atoms with Gasteiger partial charge >= 0.3 is 0 Å². The van der Waals surface area contributed by atoms with E-state index in [-0.39, 0.29) is 11.2 Å². The first kappa shape index (κ1) is 23.0. The van der Waals surface area contributed by atoms with E-state index in [1.807, 2.05) is 12.1 Å². The number of phenolic OH excluding ortho intramolecular Hbond substituents is 1. The molecule has 4 rings (SSSR count). The average Bonchev–Trinajstić information content (AvgIpc) is 3.09. The first-order valence-electron chi connectivity index (χ1n) is 12.7. The Morgan fingerprint density at radius 2 is 1.75 bits per heavy atom. The molecule has 1 aliphatic carbocycles. The second-order valence-corrected chi connectivity index (χ2v) is 10.1. The lowest BCUT2D eigenvalue weighted by Gasteiger charge is -2.36. The molecule has 0 aromatic heterocycles. The Morgan fingerprint density at radius 3 is 2.44 bits per heavy atom. The van der Waals surface area contributed by atoms with Crippen LogP contribution >= 0.6 is 0 Å². The fraction of sp³-hybridized carbons (Fsp3) is 0.552. The molecule has 0 spiro atoms. The summed E-state index contributed by atoms with van der Waals surface area (Å²) in [6.45, 7) is 6.89. The van der Waals surface area contributed by atoms with E-state index >= 15 is 0 Å². The number of rotatable bonds is 8. The van der Waals surface area contributed by atoms with Crippen LogP contribution in [0.2, 0.25) is 0 Å². The number of hydrogen-bond donors (Lipinski definition) is 1. The van der Waals surface area contributed by atoms with Gasteiger partial charge in [0.05, 0.1) is 6.54 Å². The Labute approximate surface area is 193 Å². The van der Waals surface area contributed by atoms with Crippen molar-refractivity contribution in [1.29, 1.82) is 0 Å². The third kappa shape index (κ3) is 4.93. The van der Waals surface area contributed by atoms with Crippen LogP contribution in [0.4, 0.5) is 0 Å². The molecule has 32 heavy (non-hydrogen) atoms. The molecule has 2 aliphatic rings. The van der Waals surface area contributed by atoms with Gasteiger partial charge in [0.15, 0.2) is 5.78 Å². The van der Waals surface area contributed by atoms with Crippen molar-refractivity contribution in [2.45, 2.75) is 77.0 Å². The molecule has 0 bridgehead atoms. The summed E-state index contributed by atoms with van der Waals surface area (Å²) in [4.78, 5) is 15.8. The minimum absolute atomic E-state index is 0.159. The third-order valence-electron chi connectivity index (χ3n) is 7.77. The molecule has 2 fully saturated rings.